The minimum absolute atomic E-state index is 0. The van der Waals surface area contributed by atoms with E-state index in [0.29, 0.717) is 25.7 Å². The molecule has 0 bridgehead atoms. The molecule has 17 heteroatoms. The number of carbonyl (C=O) groups is 4. The molecule has 14 nitrogen and oxygen atoms in total. The van der Waals surface area contributed by atoms with E-state index in [1.54, 1.807) is 0 Å². The molecule has 0 aromatic heterocycles. The van der Waals surface area contributed by atoms with Crippen LogP contribution in [0.3, 0.4) is 0 Å². The fourth-order valence-corrected chi connectivity index (χ4v) is 11.3. The summed E-state index contributed by atoms with van der Waals surface area (Å²) in [6.45, 7) is 9.47. The van der Waals surface area contributed by atoms with Crippen LogP contribution in [0.15, 0.2) is 94.8 Å². The molecule has 0 aliphatic carbocycles. The van der Waals surface area contributed by atoms with Crippen LogP contribution in [0.1, 0.15) is 352 Å². The van der Waals surface area contributed by atoms with Gasteiger partial charge in [-0.05, 0) is 139 Å². The first-order chi connectivity index (χ1) is 44.6. The molecule has 524 valence electrons. The van der Waals surface area contributed by atoms with Gasteiger partial charge in [0.05, 0.1) is 58.5 Å². The average molecular weight is 1360 g/mol. The van der Waals surface area contributed by atoms with Crippen LogP contribution < -0.4 is 0 Å². The molecular formula is C76H122CaO14S2. The number of rotatable bonds is 58. The van der Waals surface area contributed by atoms with Crippen molar-refractivity contribution in [3.63, 3.8) is 0 Å². The Morgan fingerprint density at radius 1 is 0.290 bits per heavy atom. The van der Waals surface area contributed by atoms with Gasteiger partial charge in [-0.3, -0.25) is 0 Å². The zero-order valence-corrected chi connectivity index (χ0v) is 62.1. The van der Waals surface area contributed by atoms with Gasteiger partial charge < -0.3 is 28.1 Å². The molecule has 0 aliphatic rings. The molecule has 0 amide bonds. The van der Waals surface area contributed by atoms with E-state index in [4.69, 9.17) is 18.9 Å². The summed E-state index contributed by atoms with van der Waals surface area (Å²) in [4.78, 5) is 50.1. The van der Waals surface area contributed by atoms with Crippen LogP contribution >= 0.6 is 0 Å². The Labute approximate surface area is 595 Å². The summed E-state index contributed by atoms with van der Waals surface area (Å²) in [5.74, 6) is -3.12. The van der Waals surface area contributed by atoms with E-state index in [1.807, 2.05) is 0 Å². The van der Waals surface area contributed by atoms with E-state index in [1.165, 1.54) is 154 Å². The Kier molecular flexibility index (Phi) is 59.5. The van der Waals surface area contributed by atoms with Gasteiger partial charge in [0.15, 0.2) is 0 Å². The summed E-state index contributed by atoms with van der Waals surface area (Å²) >= 11 is 0. The van der Waals surface area contributed by atoms with Gasteiger partial charge in [-0.2, -0.15) is 0 Å². The van der Waals surface area contributed by atoms with Crippen molar-refractivity contribution in [1.29, 1.82) is 0 Å². The quantitative estimate of drug-likeness (QED) is 0.0150. The Bertz CT molecular complexity index is 2400. The summed E-state index contributed by atoms with van der Waals surface area (Å²) in [5.41, 5.74) is -0.703. The molecule has 0 spiro atoms. The third-order valence-corrected chi connectivity index (χ3v) is 17.6. The Balaban J connectivity index is 0.00000180. The predicted octanol–water partition coefficient (Wildman–Crippen LogP) is 20.9. The maximum absolute atomic E-state index is 12.8. The second kappa shape index (κ2) is 61.9. The third-order valence-electron chi connectivity index (χ3n) is 15.9. The molecule has 0 atom stereocenters. The molecule has 0 radical (unpaired) electrons. The number of hydrogen-bond acceptors (Lipinski definition) is 14. The van der Waals surface area contributed by atoms with Gasteiger partial charge in [0.2, 0.25) is 0 Å². The average Bonchev–Trinajstić information content (AvgIpc) is 0.860. The van der Waals surface area contributed by atoms with Gasteiger partial charge in [-0.1, -0.05) is 256 Å². The van der Waals surface area contributed by atoms with Gasteiger partial charge >= 0.3 is 61.6 Å². The van der Waals surface area contributed by atoms with Gasteiger partial charge in [0.25, 0.3) is 0 Å². The first-order valence-corrected chi connectivity index (χ1v) is 38.9. The largest absolute Gasteiger partial charge is 2.00 e. The number of benzene rings is 2. The van der Waals surface area contributed by atoms with Gasteiger partial charge in [-0.15, -0.1) is 0 Å². The summed E-state index contributed by atoms with van der Waals surface area (Å²) < 4.78 is 90.9. The molecule has 0 aliphatic heterocycles. The molecule has 0 saturated carbocycles. The van der Waals surface area contributed by atoms with E-state index >= 15 is 0 Å². The van der Waals surface area contributed by atoms with E-state index in [9.17, 15) is 45.1 Å². The van der Waals surface area contributed by atoms with Crippen molar-refractivity contribution in [3.05, 3.63) is 107 Å². The topological polar surface area (TPSA) is 220 Å². The van der Waals surface area contributed by atoms with E-state index in [2.05, 4.69) is 76.3 Å². The normalized spacial score (nSPS) is 11.8. The second-order valence-corrected chi connectivity index (χ2v) is 27.1. The van der Waals surface area contributed by atoms with Gasteiger partial charge in [0, 0.05) is 0 Å². The van der Waals surface area contributed by atoms with Crippen molar-refractivity contribution >= 4 is 81.9 Å². The third kappa shape index (κ3) is 50.4. The van der Waals surface area contributed by atoms with Crippen LogP contribution in [-0.2, 0) is 39.2 Å². The monoisotopic (exact) mass is 1360 g/mol. The Hall–Kier alpha value is -3.64. The van der Waals surface area contributed by atoms with Crippen molar-refractivity contribution in [2.75, 3.05) is 26.4 Å². The van der Waals surface area contributed by atoms with Crippen LogP contribution in [0.4, 0.5) is 0 Å². The molecule has 93 heavy (non-hydrogen) atoms. The zero-order chi connectivity index (χ0) is 67.4. The second-order valence-electron chi connectivity index (χ2n) is 24.4. The summed E-state index contributed by atoms with van der Waals surface area (Å²) in [6.07, 6.45) is 67.2. The fourth-order valence-electron chi connectivity index (χ4n) is 10.3. The van der Waals surface area contributed by atoms with Crippen molar-refractivity contribution in [1.82, 2.24) is 0 Å². The number of unbranched alkanes of at least 4 members (excludes halogenated alkanes) is 36. The molecule has 2 aromatic rings. The van der Waals surface area contributed by atoms with Gasteiger partial charge in [-0.25, -0.2) is 36.0 Å². The van der Waals surface area contributed by atoms with Crippen molar-refractivity contribution in [2.24, 2.45) is 0 Å². The summed E-state index contributed by atoms with van der Waals surface area (Å²) in [7, 11) is -9.62. The first kappa shape index (κ1) is 89.4. The molecule has 2 rings (SSSR count). The number of allylic oxidation sites excluding steroid dienone is 8. The van der Waals surface area contributed by atoms with Crippen molar-refractivity contribution in [3.8, 4) is 0 Å². The van der Waals surface area contributed by atoms with Gasteiger partial charge in [0.1, 0.15) is 20.2 Å². The van der Waals surface area contributed by atoms with Crippen LogP contribution in [0.25, 0.3) is 0 Å². The van der Waals surface area contributed by atoms with Crippen LogP contribution in [0, 0.1) is 0 Å². The molecule has 0 fully saturated rings. The van der Waals surface area contributed by atoms with Crippen LogP contribution in [0.5, 0.6) is 0 Å². The summed E-state index contributed by atoms with van der Waals surface area (Å²) in [5, 5.41) is 0. The Morgan fingerprint density at radius 3 is 0.677 bits per heavy atom. The minimum atomic E-state index is -4.81. The SMILES string of the molecule is CCC/C=C/CCCCCCCCCCOC(=O)c1ccc(S(=O)(=O)[O-])cc1C(=O)OCCCCCCCCCC/C=C/CCC.CCC/C=C/CCCCCCCCCCOC(=O)c1ccc(S(=O)(=O)[O-])cc1C(=O)OCCCCCCCCCC/C=C/CCC.[Ca+2]. The number of ether oxygens (including phenoxy) is 4. The van der Waals surface area contributed by atoms with Crippen molar-refractivity contribution < 1.29 is 64.1 Å². The maximum Gasteiger partial charge on any atom is 2.00 e. The Morgan fingerprint density at radius 2 is 0.473 bits per heavy atom. The van der Waals surface area contributed by atoms with Crippen LogP contribution in [-0.4, -0.2) is 114 Å². The van der Waals surface area contributed by atoms with E-state index in [0.717, 1.165) is 139 Å². The molecule has 0 saturated heterocycles. The molecule has 0 N–H and O–H groups in total. The number of esters is 4. The molecular weight excluding hydrogens is 1240 g/mol. The van der Waals surface area contributed by atoms with Crippen LogP contribution in [0.2, 0.25) is 0 Å². The zero-order valence-electron chi connectivity index (χ0n) is 58.3. The number of hydrogen-bond donors (Lipinski definition) is 0. The molecule has 0 unspecified atom stereocenters. The fraction of sp³-hybridized carbons (Fsp3) is 0.684. The molecule has 2 aromatic carbocycles. The maximum atomic E-state index is 12.8. The minimum Gasteiger partial charge on any atom is -0.744 e. The summed E-state index contributed by atoms with van der Waals surface area (Å²) in [6, 6.07) is 6.21. The predicted molar refractivity (Wildman–Crippen MR) is 378 cm³/mol. The smallest absolute Gasteiger partial charge is 0.744 e. The van der Waals surface area contributed by atoms with E-state index < -0.39 is 53.9 Å². The first-order valence-electron chi connectivity index (χ1n) is 36.1. The van der Waals surface area contributed by atoms with Crippen molar-refractivity contribution in [2.45, 2.75) is 320 Å². The standard InChI is InChI=1S/2C38H62O7S.Ca/c2*1-3-5-7-9-11-13-15-17-19-21-23-25-27-31-44-37(39)35-30-29-34(46(41,42)43)33-36(35)38(40)45-32-28-26-24-22-20-18-16-14-12-10-8-6-4-2;/h2*7-10,29-30,33H,3-6,11-28,31-32H2,1-2H3,(H,41,42,43);/q;;+2/p-2/b2*9-7+,10-8+;. The molecule has 0 heterocycles. The number of carbonyl (C=O) groups excluding carboxylic acids is 4. The van der Waals surface area contributed by atoms with E-state index in [-0.39, 0.29) is 86.4 Å².